The normalized spacial score (nSPS) is 15.6. The summed E-state index contributed by atoms with van der Waals surface area (Å²) in [6, 6.07) is 33.8. The quantitative estimate of drug-likeness (QED) is 0.0435. The third-order valence-corrected chi connectivity index (χ3v) is 14.8. The highest BCUT2D eigenvalue weighted by atomic mass is 35.5. The van der Waals surface area contributed by atoms with Gasteiger partial charge in [0.05, 0.1) is 22.6 Å². The van der Waals surface area contributed by atoms with E-state index in [-0.39, 0.29) is 81.5 Å². The number of aliphatic hydroxyl groups excluding tert-OH is 2. The predicted octanol–water partition coefficient (Wildman–Crippen LogP) is 15.2. The molecule has 14 heteroatoms. The maximum atomic E-state index is 14.6. The second-order valence-corrected chi connectivity index (χ2v) is 20.9. The first-order valence-corrected chi connectivity index (χ1v) is 26.3. The number of benzene rings is 6. The highest BCUT2D eigenvalue weighted by molar-refractivity contribution is 6.35. The molecule has 6 aromatic carbocycles. The Labute approximate surface area is 488 Å². The fraction of sp³-hybridized carbons (Fsp3) is 0.118. The van der Waals surface area contributed by atoms with E-state index in [0.29, 0.717) is 67.6 Å². The van der Waals surface area contributed by atoms with E-state index in [9.17, 15) is 30.0 Å². The number of aromatic hydroxyl groups is 2. The summed E-state index contributed by atoms with van der Waals surface area (Å²) in [4.78, 5) is 29.1. The predicted molar refractivity (Wildman–Crippen MR) is 340 cm³/mol. The average Bonchev–Trinajstić information content (AvgIpc) is 3.60. The van der Waals surface area contributed by atoms with Crippen molar-refractivity contribution < 1.29 is 30.0 Å². The fourth-order valence-electron chi connectivity index (χ4n) is 11.0. The molecule has 0 aliphatic heterocycles. The molecule has 0 amide bonds. The van der Waals surface area contributed by atoms with Gasteiger partial charge in [0.15, 0.2) is 11.5 Å². The molecular formula is C68H62Cl2N6O6. The SMILES string of the molecule is Cc1cc2c(c(O)c1-c1c(C)cc3c(c1O)/C(=C/Nc1cccc(C(=C4C=CC(=N)C=C4)c4ccc(N)cc4)c1)C(=O)C(O)=C3C(C)C)/C(=C/Nc1cccc(C(=C3C=CC(=N)C=C3)c3ccc(N)cc3)c1)C(=O)C(O)=C2C(C)C.Cl.Cl. The molecule has 414 valence electrons. The minimum atomic E-state index is -0.719. The first-order valence-electron chi connectivity index (χ1n) is 26.3. The number of phenolic OH excluding ortho intramolecular Hbond substituents is 2. The Bertz CT molecular complexity index is 3740. The topological polar surface area (TPSA) is 239 Å². The van der Waals surface area contributed by atoms with Crippen LogP contribution in [0.2, 0.25) is 0 Å². The summed E-state index contributed by atoms with van der Waals surface area (Å²) in [6.07, 6.45) is 17.4. The van der Waals surface area contributed by atoms with Gasteiger partial charge in [0, 0.05) is 68.5 Å². The smallest absolute Gasteiger partial charge is 0.229 e. The molecule has 82 heavy (non-hydrogen) atoms. The molecule has 0 fully saturated rings. The number of allylic oxidation sites excluding steroid dienone is 14. The zero-order valence-corrected chi connectivity index (χ0v) is 47.5. The molecule has 0 atom stereocenters. The molecule has 0 saturated carbocycles. The fourth-order valence-corrected chi connectivity index (χ4v) is 11.0. The summed E-state index contributed by atoms with van der Waals surface area (Å²) in [5.41, 5.74) is 25.5. The van der Waals surface area contributed by atoms with Crippen LogP contribution >= 0.6 is 24.8 Å². The standard InChI is InChI=1S/C68H60N6O6.2ClH/c1-35(2)55-51-29-37(5)57(65(77)61(51)53(63(75)67(55)79)33-73-49-11-7-9-43(31-49)59(39-13-21-45(69)22-14-39)40-15-23-46(70)24-16-40)58-38(6)30-52-56(36(3)4)68(80)64(76)54(62(52)66(58)78)34-74-50-12-8-10-44(32-50)60(41-17-25-47(71)26-18-41)42-19-27-48(72)28-20-42;;/h7-36,69,71,73-74,77-80H,70,72H2,1-6H3;2*1H/b53-33-,54-34-,59-39?,60-41?,69-45?,71-47?;;. The lowest BCUT2D eigenvalue weighted by Crippen LogP contribution is -2.20. The maximum Gasteiger partial charge on any atom is 0.229 e. The maximum absolute atomic E-state index is 14.6. The Kier molecular flexibility index (Phi) is 16.8. The average molecular weight is 1130 g/mol. The molecule has 12 nitrogen and oxygen atoms in total. The highest BCUT2D eigenvalue weighted by Crippen LogP contribution is 2.54. The second kappa shape index (κ2) is 23.6. The molecule has 12 N–H and O–H groups in total. The zero-order chi connectivity index (χ0) is 56.8. The number of nitrogen functional groups attached to an aromatic ring is 2. The summed E-state index contributed by atoms with van der Waals surface area (Å²) >= 11 is 0. The lowest BCUT2D eigenvalue weighted by atomic mass is 9.75. The number of rotatable bonds is 11. The lowest BCUT2D eigenvalue weighted by Gasteiger charge is -2.29. The van der Waals surface area contributed by atoms with Gasteiger partial charge in [0.2, 0.25) is 11.6 Å². The highest BCUT2D eigenvalue weighted by Gasteiger charge is 2.39. The number of nitrogens with one attached hydrogen (secondary N) is 4. The Morgan fingerprint density at radius 2 is 0.817 bits per heavy atom. The number of hydrogen-bond acceptors (Lipinski definition) is 12. The number of halogens is 2. The van der Waals surface area contributed by atoms with Crippen LogP contribution in [0.3, 0.4) is 0 Å². The van der Waals surface area contributed by atoms with Gasteiger partial charge in [-0.2, -0.15) is 0 Å². The number of carbonyl (C=O) groups excluding carboxylic acids is 2. The molecule has 0 bridgehead atoms. The third kappa shape index (κ3) is 10.9. The van der Waals surface area contributed by atoms with Crippen LogP contribution in [0.5, 0.6) is 11.5 Å². The van der Waals surface area contributed by atoms with Crippen molar-refractivity contribution in [2.24, 2.45) is 11.8 Å². The lowest BCUT2D eigenvalue weighted by molar-refractivity contribution is -0.113. The van der Waals surface area contributed by atoms with Crippen molar-refractivity contribution >= 4 is 104 Å². The molecule has 0 heterocycles. The van der Waals surface area contributed by atoms with Crippen LogP contribution in [0.1, 0.15) is 83.3 Å². The van der Waals surface area contributed by atoms with Crippen LogP contribution in [0.15, 0.2) is 193 Å². The van der Waals surface area contributed by atoms with Crippen LogP contribution in [0.25, 0.3) is 44.6 Å². The van der Waals surface area contributed by atoms with E-state index in [1.165, 1.54) is 12.4 Å². The molecule has 0 spiro atoms. The van der Waals surface area contributed by atoms with Crippen molar-refractivity contribution in [3.63, 3.8) is 0 Å². The van der Waals surface area contributed by atoms with Gasteiger partial charge in [0.1, 0.15) is 11.5 Å². The zero-order valence-electron chi connectivity index (χ0n) is 45.9. The Morgan fingerprint density at radius 1 is 0.476 bits per heavy atom. The molecule has 6 aromatic rings. The van der Waals surface area contributed by atoms with Crippen LogP contribution < -0.4 is 22.1 Å². The number of carbonyl (C=O) groups is 2. The Balaban J connectivity index is 0.00000440. The van der Waals surface area contributed by atoms with Gasteiger partial charge in [-0.15, -0.1) is 24.8 Å². The second-order valence-electron chi connectivity index (χ2n) is 20.9. The summed E-state index contributed by atoms with van der Waals surface area (Å²) in [5.74, 6) is -3.70. The minimum Gasteiger partial charge on any atom is -0.507 e. The molecule has 0 aromatic heterocycles. The molecular weight excluding hydrogens is 1070 g/mol. The van der Waals surface area contributed by atoms with E-state index in [4.69, 9.17) is 22.3 Å². The van der Waals surface area contributed by atoms with E-state index >= 15 is 0 Å². The van der Waals surface area contributed by atoms with E-state index in [1.54, 1.807) is 50.3 Å². The van der Waals surface area contributed by atoms with Crippen molar-refractivity contribution in [1.82, 2.24) is 0 Å². The number of aryl methyl sites for hydroxylation is 2. The van der Waals surface area contributed by atoms with Gasteiger partial charge in [-0.05, 0) is 165 Å². The molecule has 0 radical (unpaired) electrons. The van der Waals surface area contributed by atoms with Crippen molar-refractivity contribution in [1.29, 1.82) is 10.8 Å². The molecule has 0 saturated heterocycles. The summed E-state index contributed by atoms with van der Waals surface area (Å²) in [7, 11) is 0. The summed E-state index contributed by atoms with van der Waals surface area (Å²) < 4.78 is 0. The number of hydrogen-bond donors (Lipinski definition) is 10. The summed E-state index contributed by atoms with van der Waals surface area (Å²) in [5, 5.41) is 72.0. The van der Waals surface area contributed by atoms with Crippen molar-refractivity contribution in [3.8, 4) is 22.6 Å². The van der Waals surface area contributed by atoms with Crippen molar-refractivity contribution in [3.05, 3.63) is 249 Å². The number of phenols is 2. The van der Waals surface area contributed by atoms with Crippen molar-refractivity contribution in [2.75, 3.05) is 22.1 Å². The Morgan fingerprint density at radius 3 is 1.15 bits per heavy atom. The number of fused-ring (bicyclic) bond motifs is 2. The van der Waals surface area contributed by atoms with Crippen LogP contribution in [0, 0.1) is 36.5 Å². The van der Waals surface area contributed by atoms with Crippen molar-refractivity contribution in [2.45, 2.75) is 41.5 Å². The first-order chi connectivity index (χ1) is 38.3. The number of anilines is 4. The number of Topliss-reactive ketones (excluding diaryl/α,β-unsaturated/α-hetero) is 2. The summed E-state index contributed by atoms with van der Waals surface area (Å²) in [6.45, 7) is 11.0. The Hall–Kier alpha value is -9.62. The number of aliphatic hydroxyl groups is 2. The van der Waals surface area contributed by atoms with E-state index in [2.05, 4.69) is 10.6 Å². The largest absolute Gasteiger partial charge is 0.507 e. The van der Waals surface area contributed by atoms with Gasteiger partial charge in [-0.25, -0.2) is 0 Å². The molecule has 10 rings (SSSR count). The van der Waals surface area contributed by atoms with E-state index < -0.39 is 23.1 Å². The van der Waals surface area contributed by atoms with Gasteiger partial charge in [-0.1, -0.05) is 113 Å². The van der Waals surface area contributed by atoms with Gasteiger partial charge >= 0.3 is 0 Å². The molecule has 4 aliphatic rings. The number of ketones is 2. The van der Waals surface area contributed by atoms with Crippen LogP contribution in [0.4, 0.5) is 22.7 Å². The number of nitrogens with two attached hydrogens (primary N) is 2. The monoisotopic (exact) mass is 1130 g/mol. The molecule has 0 unspecified atom stereocenters. The van der Waals surface area contributed by atoms with Crippen LogP contribution in [-0.2, 0) is 9.59 Å². The van der Waals surface area contributed by atoms with E-state index in [0.717, 1.165) is 44.5 Å². The molecule has 4 aliphatic carbocycles. The van der Waals surface area contributed by atoms with Gasteiger partial charge in [0.25, 0.3) is 0 Å². The first kappa shape index (κ1) is 58.5. The minimum absolute atomic E-state index is 0. The van der Waals surface area contributed by atoms with Crippen LogP contribution in [-0.4, -0.2) is 43.4 Å². The third-order valence-electron chi connectivity index (χ3n) is 14.8. The van der Waals surface area contributed by atoms with Gasteiger partial charge < -0.3 is 53.3 Å². The van der Waals surface area contributed by atoms with Gasteiger partial charge in [-0.3, -0.25) is 9.59 Å². The van der Waals surface area contributed by atoms with E-state index in [1.807, 2.05) is 149 Å².